The van der Waals surface area contributed by atoms with Crippen LogP contribution in [-0.2, 0) is 10.1 Å². The molecule has 0 saturated carbocycles. The summed E-state index contributed by atoms with van der Waals surface area (Å²) < 4.78 is 31.8. The molecule has 0 bridgehead atoms. The topological polar surface area (TPSA) is 86.3 Å². The Morgan fingerprint density at radius 3 is 2.45 bits per heavy atom. The molecule has 0 fully saturated rings. The molecule has 1 N–H and O–H groups in total. The summed E-state index contributed by atoms with van der Waals surface area (Å²) in [6.45, 7) is 0.0467. The fourth-order valence-corrected chi connectivity index (χ4v) is 2.90. The van der Waals surface area contributed by atoms with Crippen LogP contribution in [0.25, 0.3) is 16.8 Å². The number of rotatable bonds is 4. The largest absolute Gasteiger partial charge is 1.00 e. The van der Waals surface area contributed by atoms with E-state index in [0.717, 1.165) is 16.3 Å². The molecule has 0 aromatic heterocycles. The Morgan fingerprint density at radius 2 is 1.77 bits per heavy atom. The average Bonchev–Trinajstić information content (AvgIpc) is 2.43. The van der Waals surface area contributed by atoms with Gasteiger partial charge in [0.25, 0.3) is 0 Å². The Labute approximate surface area is 150 Å². The minimum atomic E-state index is -4.34. The van der Waals surface area contributed by atoms with Gasteiger partial charge in [0.15, 0.2) is 5.78 Å². The fraction of sp³-hybridized carbons (Fsp3) is 0.133. The molecule has 0 saturated heterocycles. The van der Waals surface area contributed by atoms with Gasteiger partial charge in [-0.25, -0.2) is 8.42 Å². The van der Waals surface area contributed by atoms with Crippen LogP contribution in [0.2, 0.25) is 0 Å². The monoisotopic (exact) mass is 325 g/mol. The second kappa shape index (κ2) is 6.62. The maximum Gasteiger partial charge on any atom is 1.00 e. The summed E-state index contributed by atoms with van der Waals surface area (Å²) in [5, 5.41) is 4.40. The first-order valence-corrected chi connectivity index (χ1v) is 7.95. The van der Waals surface area contributed by atoms with E-state index < -0.39 is 16.0 Å². The van der Waals surface area contributed by atoms with E-state index in [2.05, 4.69) is 5.32 Å². The van der Waals surface area contributed by atoms with E-state index in [9.17, 15) is 17.8 Å². The minimum Gasteiger partial charge on any atom is -0.747 e. The molecule has 3 rings (SSSR count). The minimum absolute atomic E-state index is 0. The summed E-state index contributed by atoms with van der Waals surface area (Å²) >= 11 is 0. The van der Waals surface area contributed by atoms with Crippen molar-refractivity contribution >= 4 is 32.7 Å². The molecule has 2 aromatic carbocycles. The number of ketones is 1. The van der Waals surface area contributed by atoms with Crippen LogP contribution in [0.1, 0.15) is 15.9 Å². The summed E-state index contributed by atoms with van der Waals surface area (Å²) in [4.78, 5) is 12.4. The van der Waals surface area contributed by atoms with Gasteiger partial charge >= 0.3 is 29.6 Å². The van der Waals surface area contributed by atoms with Crippen molar-refractivity contribution < 1.29 is 47.3 Å². The van der Waals surface area contributed by atoms with E-state index in [1.54, 1.807) is 12.1 Å². The molecule has 0 unspecified atom stereocenters. The molecular weight excluding hydrogens is 313 g/mol. The summed E-state index contributed by atoms with van der Waals surface area (Å²) in [5.74, 6) is -0.834. The van der Waals surface area contributed by atoms with E-state index in [1.807, 2.05) is 30.3 Å². The molecule has 108 valence electrons. The van der Waals surface area contributed by atoms with E-state index in [4.69, 9.17) is 0 Å². The average molecular weight is 325 g/mol. The zero-order chi connectivity index (χ0) is 15.0. The van der Waals surface area contributed by atoms with Crippen molar-refractivity contribution in [3.05, 3.63) is 53.1 Å². The molecular formula is C15H12NNaO4S. The molecule has 2 aromatic rings. The number of hydrogen-bond donors (Lipinski definition) is 1. The van der Waals surface area contributed by atoms with E-state index >= 15 is 0 Å². The molecule has 0 heterocycles. The smallest absolute Gasteiger partial charge is 0.747 e. The molecule has 1 aliphatic carbocycles. The Balaban J connectivity index is 0.00000176. The van der Waals surface area contributed by atoms with E-state index in [1.165, 1.54) is 0 Å². The van der Waals surface area contributed by atoms with Crippen molar-refractivity contribution in [2.45, 2.75) is 0 Å². The molecule has 22 heavy (non-hydrogen) atoms. The summed E-state index contributed by atoms with van der Waals surface area (Å²) in [5.41, 5.74) is 1.97. The van der Waals surface area contributed by atoms with Gasteiger partial charge in [-0.3, -0.25) is 4.79 Å². The SMILES string of the molecule is O=C1C(CNCS(=O)(=O)[O-])=Cc2cccc3cccc1c23.[Na+]. The Morgan fingerprint density at radius 1 is 1.09 bits per heavy atom. The van der Waals surface area contributed by atoms with Crippen LogP contribution < -0.4 is 34.9 Å². The Bertz CT molecular complexity index is 869. The summed E-state index contributed by atoms with van der Waals surface area (Å²) in [6, 6.07) is 11.3. The van der Waals surface area contributed by atoms with Crippen LogP contribution in [0.4, 0.5) is 0 Å². The van der Waals surface area contributed by atoms with Crippen molar-refractivity contribution in [1.82, 2.24) is 5.32 Å². The zero-order valence-corrected chi connectivity index (χ0v) is 14.8. The van der Waals surface area contributed by atoms with E-state index in [0.29, 0.717) is 11.1 Å². The third kappa shape index (κ3) is 3.48. The van der Waals surface area contributed by atoms with Crippen molar-refractivity contribution in [3.8, 4) is 0 Å². The molecule has 5 nitrogen and oxygen atoms in total. The number of hydrogen-bond acceptors (Lipinski definition) is 5. The number of Topliss-reactive ketones (excluding diaryl/α,β-unsaturated/α-hetero) is 1. The Hall–Kier alpha value is -1.02. The van der Waals surface area contributed by atoms with Crippen LogP contribution in [-0.4, -0.2) is 31.2 Å². The molecule has 7 heteroatoms. The van der Waals surface area contributed by atoms with Crippen molar-refractivity contribution in [1.29, 1.82) is 0 Å². The van der Waals surface area contributed by atoms with Gasteiger partial charge in [0.05, 0.1) is 5.88 Å². The first kappa shape index (κ1) is 17.3. The second-order valence-corrected chi connectivity index (χ2v) is 6.28. The third-order valence-corrected chi connectivity index (χ3v) is 3.95. The van der Waals surface area contributed by atoms with Gasteiger partial charge in [-0.2, -0.15) is 0 Å². The predicted octanol–water partition coefficient (Wildman–Crippen LogP) is -1.48. The van der Waals surface area contributed by atoms with Gasteiger partial charge in [-0.05, 0) is 17.0 Å². The fourth-order valence-electron chi connectivity index (χ4n) is 2.55. The van der Waals surface area contributed by atoms with Crippen LogP contribution in [0.15, 0.2) is 42.0 Å². The van der Waals surface area contributed by atoms with Crippen molar-refractivity contribution in [2.75, 3.05) is 12.4 Å². The Kier molecular flexibility index (Phi) is 5.21. The number of carbonyl (C=O) groups is 1. The van der Waals surface area contributed by atoms with Crippen LogP contribution >= 0.6 is 0 Å². The van der Waals surface area contributed by atoms with Gasteiger partial charge in [0.2, 0.25) is 0 Å². The summed E-state index contributed by atoms with van der Waals surface area (Å²) in [7, 11) is -4.34. The standard InChI is InChI=1S/C15H13NO4S.Na/c17-15-12(8-16-9-21(18,19)20)7-11-5-1-3-10-4-2-6-13(15)14(10)11;/h1-7,16H,8-9H2,(H,18,19,20);/q;+1/p-1. The predicted molar refractivity (Wildman–Crippen MR) is 78.8 cm³/mol. The first-order chi connectivity index (χ1) is 9.96. The molecule has 0 spiro atoms. The quantitative estimate of drug-likeness (QED) is 0.547. The van der Waals surface area contributed by atoms with Crippen molar-refractivity contribution in [3.63, 3.8) is 0 Å². The molecule has 0 aliphatic heterocycles. The van der Waals surface area contributed by atoms with Gasteiger partial charge in [0.1, 0.15) is 10.1 Å². The maximum atomic E-state index is 12.4. The van der Waals surface area contributed by atoms with E-state index in [-0.39, 0.29) is 41.9 Å². The first-order valence-electron chi connectivity index (χ1n) is 6.37. The maximum absolute atomic E-state index is 12.4. The zero-order valence-electron chi connectivity index (χ0n) is 12.0. The van der Waals surface area contributed by atoms with Gasteiger partial charge in [-0.15, -0.1) is 0 Å². The molecule has 0 atom stereocenters. The summed E-state index contributed by atoms with van der Waals surface area (Å²) in [6.07, 6.45) is 1.74. The van der Waals surface area contributed by atoms with Crippen LogP contribution in [0.3, 0.4) is 0 Å². The van der Waals surface area contributed by atoms with Gasteiger partial charge in [-0.1, -0.05) is 36.4 Å². The molecule has 0 radical (unpaired) electrons. The normalized spacial score (nSPS) is 13.7. The molecule has 1 aliphatic rings. The number of benzene rings is 2. The van der Waals surface area contributed by atoms with Crippen molar-refractivity contribution in [2.24, 2.45) is 0 Å². The van der Waals surface area contributed by atoms with Crippen LogP contribution in [0.5, 0.6) is 0 Å². The number of nitrogens with one attached hydrogen (secondary N) is 1. The second-order valence-electron chi connectivity index (χ2n) is 4.88. The van der Waals surface area contributed by atoms with Gasteiger partial charge < -0.3 is 9.87 Å². The van der Waals surface area contributed by atoms with Crippen LogP contribution in [0, 0.1) is 0 Å². The third-order valence-electron chi connectivity index (χ3n) is 3.40. The number of carbonyl (C=O) groups excluding carboxylic acids is 1. The van der Waals surface area contributed by atoms with Gasteiger partial charge in [0, 0.05) is 23.1 Å². The molecule has 0 amide bonds.